The van der Waals surface area contributed by atoms with Crippen molar-refractivity contribution in [1.29, 1.82) is 0 Å². The number of nitrogens with one attached hydrogen (secondary N) is 2. The zero-order chi connectivity index (χ0) is 20.2. The number of hydrogen-bond donors (Lipinski definition) is 2. The summed E-state index contributed by atoms with van der Waals surface area (Å²) in [5.74, 6) is -1.34. The van der Waals surface area contributed by atoms with Gasteiger partial charge >= 0.3 is 0 Å². The average Bonchev–Trinajstić information content (AvgIpc) is 3.05. The molecule has 2 heterocycles. The third kappa shape index (κ3) is 4.48. The molecule has 1 saturated heterocycles. The van der Waals surface area contributed by atoms with E-state index < -0.39 is 5.92 Å². The lowest BCUT2D eigenvalue weighted by molar-refractivity contribution is -0.115. The van der Waals surface area contributed by atoms with Gasteiger partial charge in [-0.05, 0) is 68.8 Å². The number of halogens is 1. The van der Waals surface area contributed by atoms with Crippen molar-refractivity contribution in [3.05, 3.63) is 53.3 Å². The number of amides is 1. The lowest BCUT2D eigenvalue weighted by Gasteiger charge is -2.26. The van der Waals surface area contributed by atoms with Crippen LogP contribution in [-0.4, -0.2) is 43.2 Å². The number of carbonyl (C=O) groups excluding carboxylic acids is 1. The molecule has 2 N–H and O–H groups in total. The van der Waals surface area contributed by atoms with Crippen molar-refractivity contribution in [2.24, 2.45) is 4.99 Å². The van der Waals surface area contributed by atoms with Crippen LogP contribution in [0.3, 0.4) is 0 Å². The van der Waals surface area contributed by atoms with Crippen LogP contribution in [0.2, 0.25) is 0 Å². The fourth-order valence-electron chi connectivity index (χ4n) is 4.06. The number of aryl methyl sites for hydroxylation is 1. The van der Waals surface area contributed by atoms with E-state index in [1.54, 1.807) is 12.1 Å². The molecule has 5 nitrogen and oxygen atoms in total. The minimum absolute atomic E-state index is 0.249. The largest absolute Gasteiger partial charge is 0.384 e. The van der Waals surface area contributed by atoms with Gasteiger partial charge in [0.2, 0.25) is 5.91 Å². The van der Waals surface area contributed by atoms with Gasteiger partial charge in [0.15, 0.2) is 0 Å². The number of nitrogens with zero attached hydrogens (tertiary/aromatic N) is 2. The van der Waals surface area contributed by atoms with E-state index >= 15 is 0 Å². The van der Waals surface area contributed by atoms with Crippen molar-refractivity contribution in [1.82, 2.24) is 4.90 Å². The molecule has 0 aromatic heterocycles. The first-order valence-electron chi connectivity index (χ1n) is 10.3. The number of anilines is 2. The zero-order valence-corrected chi connectivity index (χ0v) is 16.7. The predicted molar refractivity (Wildman–Crippen MR) is 116 cm³/mol. The Morgan fingerprint density at radius 1 is 1.24 bits per heavy atom. The lowest BCUT2D eigenvalue weighted by Crippen LogP contribution is -2.33. The van der Waals surface area contributed by atoms with Crippen LogP contribution in [0.15, 0.2) is 41.4 Å². The van der Waals surface area contributed by atoms with Crippen LogP contribution in [0, 0.1) is 12.7 Å². The molecule has 1 amide bonds. The van der Waals surface area contributed by atoms with Gasteiger partial charge in [0.25, 0.3) is 0 Å². The molecule has 2 aromatic rings. The molecule has 152 valence electrons. The molecule has 2 aliphatic rings. The van der Waals surface area contributed by atoms with Crippen molar-refractivity contribution in [2.45, 2.75) is 32.1 Å². The van der Waals surface area contributed by atoms with Crippen LogP contribution in [-0.2, 0) is 4.79 Å². The van der Waals surface area contributed by atoms with E-state index in [4.69, 9.17) is 0 Å². The number of likely N-dealkylation sites (tertiary alicyclic amines) is 1. The fraction of sp³-hybridized carbons (Fsp3) is 0.391. The summed E-state index contributed by atoms with van der Waals surface area (Å²) in [6.45, 7) is 6.42. The third-order valence-corrected chi connectivity index (χ3v) is 5.68. The summed E-state index contributed by atoms with van der Waals surface area (Å²) in [5.41, 5.74) is 3.84. The molecule has 0 radical (unpaired) electrons. The summed E-state index contributed by atoms with van der Waals surface area (Å²) in [6.07, 6.45) is 5.49. The van der Waals surface area contributed by atoms with Crippen LogP contribution < -0.4 is 10.6 Å². The van der Waals surface area contributed by atoms with Gasteiger partial charge in [0.05, 0.1) is 5.69 Å². The molecule has 1 atom stereocenters. The Kier molecular flexibility index (Phi) is 5.90. The second-order valence-corrected chi connectivity index (χ2v) is 7.77. The van der Waals surface area contributed by atoms with Crippen molar-refractivity contribution in [2.75, 3.05) is 36.8 Å². The summed E-state index contributed by atoms with van der Waals surface area (Å²) in [4.78, 5) is 19.1. The number of aliphatic imine (C=N–C) groups is 1. The highest BCUT2D eigenvalue weighted by Crippen LogP contribution is 2.34. The minimum Gasteiger partial charge on any atom is -0.384 e. The smallest absolute Gasteiger partial charge is 0.237 e. The average molecular weight is 394 g/mol. The Balaban J connectivity index is 1.39. The van der Waals surface area contributed by atoms with Gasteiger partial charge < -0.3 is 15.5 Å². The Labute approximate surface area is 171 Å². The summed E-state index contributed by atoms with van der Waals surface area (Å²) < 4.78 is 14.1. The molecule has 0 aliphatic carbocycles. The molecule has 0 saturated carbocycles. The van der Waals surface area contributed by atoms with E-state index in [-0.39, 0.29) is 11.7 Å². The van der Waals surface area contributed by atoms with E-state index in [0.29, 0.717) is 11.3 Å². The zero-order valence-electron chi connectivity index (χ0n) is 16.7. The van der Waals surface area contributed by atoms with Gasteiger partial charge in [-0.15, -0.1) is 0 Å². The van der Waals surface area contributed by atoms with Gasteiger partial charge in [0, 0.05) is 36.2 Å². The van der Waals surface area contributed by atoms with E-state index in [0.717, 1.165) is 30.0 Å². The topological polar surface area (TPSA) is 56.7 Å². The molecular weight excluding hydrogens is 367 g/mol. The van der Waals surface area contributed by atoms with Crippen LogP contribution in [0.25, 0.3) is 0 Å². The molecule has 6 heteroatoms. The molecule has 1 unspecified atom stereocenters. The van der Waals surface area contributed by atoms with Crippen LogP contribution >= 0.6 is 0 Å². The monoisotopic (exact) mass is 394 g/mol. The maximum Gasteiger partial charge on any atom is 0.237 e. The Bertz CT molecular complexity index is 921. The quantitative estimate of drug-likeness (QED) is 0.711. The predicted octanol–water partition coefficient (Wildman–Crippen LogP) is 4.47. The highest BCUT2D eigenvalue weighted by Gasteiger charge is 2.31. The molecular formula is C23H27FN4O. The first kappa shape index (κ1) is 19.6. The SMILES string of the molecule is Cc1cc(N=CC2C(=O)Nc3cccc(F)c32)ccc1NCCN1CCCCC1. The highest BCUT2D eigenvalue weighted by atomic mass is 19.1. The van der Waals surface area contributed by atoms with Gasteiger partial charge in [-0.25, -0.2) is 4.39 Å². The van der Waals surface area contributed by atoms with Crippen molar-refractivity contribution in [3.8, 4) is 0 Å². The van der Waals surface area contributed by atoms with Crippen molar-refractivity contribution >= 4 is 29.2 Å². The lowest BCUT2D eigenvalue weighted by atomic mass is 10.0. The molecule has 1 fully saturated rings. The summed E-state index contributed by atoms with van der Waals surface area (Å²) in [7, 11) is 0. The molecule has 0 bridgehead atoms. The Morgan fingerprint density at radius 3 is 2.86 bits per heavy atom. The van der Waals surface area contributed by atoms with Gasteiger partial charge in [-0.3, -0.25) is 9.79 Å². The maximum absolute atomic E-state index is 14.1. The Morgan fingerprint density at radius 2 is 2.07 bits per heavy atom. The van der Waals surface area contributed by atoms with Crippen molar-refractivity contribution < 1.29 is 9.18 Å². The van der Waals surface area contributed by atoms with E-state index in [2.05, 4.69) is 20.5 Å². The molecule has 29 heavy (non-hydrogen) atoms. The number of fused-ring (bicyclic) bond motifs is 1. The summed E-state index contributed by atoms with van der Waals surface area (Å²) in [6, 6.07) is 10.6. The molecule has 4 rings (SSSR count). The van der Waals surface area contributed by atoms with E-state index in [9.17, 15) is 9.18 Å². The summed E-state index contributed by atoms with van der Waals surface area (Å²) >= 11 is 0. The number of carbonyl (C=O) groups is 1. The molecule has 2 aliphatic heterocycles. The second-order valence-electron chi connectivity index (χ2n) is 7.77. The summed E-state index contributed by atoms with van der Waals surface area (Å²) in [5, 5.41) is 6.22. The van der Waals surface area contributed by atoms with Crippen LogP contribution in [0.5, 0.6) is 0 Å². The number of benzene rings is 2. The van der Waals surface area contributed by atoms with Crippen LogP contribution in [0.1, 0.15) is 36.3 Å². The Hall–Kier alpha value is -2.73. The number of hydrogen-bond acceptors (Lipinski definition) is 4. The number of piperidine rings is 1. The van der Waals surface area contributed by atoms with E-state index in [1.807, 2.05) is 25.1 Å². The highest BCUT2D eigenvalue weighted by molar-refractivity contribution is 6.12. The minimum atomic E-state index is -0.700. The van der Waals surface area contributed by atoms with Crippen molar-refractivity contribution in [3.63, 3.8) is 0 Å². The second kappa shape index (κ2) is 8.74. The first-order chi connectivity index (χ1) is 14.1. The van der Waals surface area contributed by atoms with Gasteiger partial charge in [-0.1, -0.05) is 12.5 Å². The normalized spacial score (nSPS) is 19.4. The van der Waals surface area contributed by atoms with Gasteiger partial charge in [0.1, 0.15) is 11.7 Å². The first-order valence-corrected chi connectivity index (χ1v) is 10.3. The molecule has 0 spiro atoms. The fourth-order valence-corrected chi connectivity index (χ4v) is 4.06. The third-order valence-electron chi connectivity index (χ3n) is 5.68. The maximum atomic E-state index is 14.1. The number of rotatable bonds is 6. The standard InChI is InChI=1S/C23H27FN4O/c1-16-14-17(8-9-20(16)25-10-13-28-11-3-2-4-12-28)26-15-18-22-19(24)6-5-7-21(22)27-23(18)29/h5-9,14-15,18,25H,2-4,10-13H2,1H3,(H,27,29). The van der Waals surface area contributed by atoms with Gasteiger partial charge in [-0.2, -0.15) is 0 Å². The van der Waals surface area contributed by atoms with Crippen LogP contribution in [0.4, 0.5) is 21.5 Å². The van der Waals surface area contributed by atoms with E-state index in [1.165, 1.54) is 44.6 Å². The molecule has 2 aromatic carbocycles.